The molecule has 0 aliphatic rings. The highest BCUT2D eigenvalue weighted by Gasteiger charge is 1.96. The van der Waals surface area contributed by atoms with Gasteiger partial charge in [-0.05, 0) is 24.6 Å². The first-order valence-corrected chi connectivity index (χ1v) is 4.18. The van der Waals surface area contributed by atoms with Crippen LogP contribution in [0.5, 0.6) is 0 Å². The van der Waals surface area contributed by atoms with Crippen LogP contribution in [0.25, 0.3) is 11.1 Å². The maximum Gasteiger partial charge on any atom is 0.0347 e. The van der Waals surface area contributed by atoms with Crippen molar-refractivity contribution < 1.29 is 0 Å². The molecule has 0 amide bonds. The molecule has 2 rings (SSSR count). The van der Waals surface area contributed by atoms with E-state index in [2.05, 4.69) is 16.0 Å². The van der Waals surface area contributed by atoms with E-state index in [1.165, 1.54) is 5.56 Å². The smallest absolute Gasteiger partial charge is 0.0347 e. The van der Waals surface area contributed by atoms with Crippen molar-refractivity contribution in [2.24, 2.45) is 0 Å². The van der Waals surface area contributed by atoms with Crippen molar-refractivity contribution in [3.8, 4) is 11.1 Å². The fourth-order valence-corrected chi connectivity index (χ4v) is 1.25. The average Bonchev–Trinajstić information content (AvgIpc) is 2.19. The van der Waals surface area contributed by atoms with Gasteiger partial charge in [-0.25, -0.2) is 0 Å². The molecule has 0 aliphatic carbocycles. The molecule has 0 saturated heterocycles. The highest BCUT2D eigenvalue weighted by atomic mass is 14.6. The quantitative estimate of drug-likeness (QED) is 0.657. The summed E-state index contributed by atoms with van der Waals surface area (Å²) in [6.07, 6.45) is 7.31. The van der Waals surface area contributed by atoms with Crippen LogP contribution in [0.15, 0.2) is 43.0 Å². The zero-order valence-corrected chi connectivity index (χ0v) is 7.44. The molecule has 0 aromatic carbocycles. The minimum Gasteiger partial charge on any atom is -0.264 e. The first kappa shape index (κ1) is 7.92. The summed E-state index contributed by atoms with van der Waals surface area (Å²) in [6.45, 7) is 2.03. The van der Waals surface area contributed by atoms with Crippen molar-refractivity contribution in [1.29, 1.82) is 0 Å². The molecule has 0 saturated carbocycles. The Kier molecular flexibility index (Phi) is 2.04. The lowest BCUT2D eigenvalue weighted by atomic mass is 10.1. The Morgan fingerprint density at radius 2 is 1.85 bits per heavy atom. The predicted molar refractivity (Wildman–Crippen MR) is 52.2 cm³/mol. The maximum atomic E-state index is 4.13. The standard InChI is InChI=1S/C11H10N2/c1-9-5-11(8-13-6-9)10-3-2-4-12-7-10/h2-8H,1H3. The van der Waals surface area contributed by atoms with Gasteiger partial charge in [-0.2, -0.15) is 0 Å². The van der Waals surface area contributed by atoms with Crippen LogP contribution in [0, 0.1) is 6.92 Å². The van der Waals surface area contributed by atoms with Gasteiger partial charge in [-0.3, -0.25) is 9.97 Å². The van der Waals surface area contributed by atoms with E-state index in [1.807, 2.05) is 37.6 Å². The number of nitrogens with zero attached hydrogens (tertiary/aromatic N) is 2. The van der Waals surface area contributed by atoms with Crippen molar-refractivity contribution in [3.63, 3.8) is 0 Å². The lowest BCUT2D eigenvalue weighted by molar-refractivity contribution is 1.26. The largest absolute Gasteiger partial charge is 0.264 e. The zero-order valence-electron chi connectivity index (χ0n) is 7.44. The second-order valence-corrected chi connectivity index (χ2v) is 2.99. The molecular weight excluding hydrogens is 160 g/mol. The van der Waals surface area contributed by atoms with E-state index in [0.717, 1.165) is 11.1 Å². The second kappa shape index (κ2) is 3.35. The molecule has 2 aromatic heterocycles. The molecule has 0 unspecified atom stereocenters. The molecule has 2 heterocycles. The number of aromatic nitrogens is 2. The molecule has 0 radical (unpaired) electrons. The van der Waals surface area contributed by atoms with Gasteiger partial charge in [-0.15, -0.1) is 0 Å². The third-order valence-electron chi connectivity index (χ3n) is 1.87. The first-order valence-electron chi connectivity index (χ1n) is 4.18. The molecular formula is C11H10N2. The van der Waals surface area contributed by atoms with E-state index in [-0.39, 0.29) is 0 Å². The topological polar surface area (TPSA) is 25.8 Å². The van der Waals surface area contributed by atoms with E-state index >= 15 is 0 Å². The molecule has 64 valence electrons. The zero-order chi connectivity index (χ0) is 9.10. The van der Waals surface area contributed by atoms with E-state index in [4.69, 9.17) is 0 Å². The molecule has 0 spiro atoms. The summed E-state index contributed by atoms with van der Waals surface area (Å²) in [7, 11) is 0. The second-order valence-electron chi connectivity index (χ2n) is 2.99. The summed E-state index contributed by atoms with van der Waals surface area (Å²) in [6, 6.07) is 6.06. The third-order valence-corrected chi connectivity index (χ3v) is 1.87. The lowest BCUT2D eigenvalue weighted by Gasteiger charge is -2.00. The Morgan fingerprint density at radius 3 is 2.54 bits per heavy atom. The van der Waals surface area contributed by atoms with E-state index in [1.54, 1.807) is 6.20 Å². The minimum atomic E-state index is 1.11. The van der Waals surface area contributed by atoms with E-state index < -0.39 is 0 Å². The molecule has 0 bridgehead atoms. The minimum absolute atomic E-state index is 1.11. The Hall–Kier alpha value is -1.70. The Labute approximate surface area is 77.3 Å². The molecule has 0 aliphatic heterocycles. The molecule has 13 heavy (non-hydrogen) atoms. The predicted octanol–water partition coefficient (Wildman–Crippen LogP) is 2.45. The Balaban J connectivity index is 2.48. The number of hydrogen-bond acceptors (Lipinski definition) is 2. The van der Waals surface area contributed by atoms with Gasteiger partial charge in [-0.1, -0.05) is 6.07 Å². The maximum absolute atomic E-state index is 4.13. The number of hydrogen-bond donors (Lipinski definition) is 0. The highest BCUT2D eigenvalue weighted by Crippen LogP contribution is 2.16. The SMILES string of the molecule is Cc1cncc(-c2cccnc2)c1. The van der Waals surface area contributed by atoms with Crippen molar-refractivity contribution in [3.05, 3.63) is 48.5 Å². The van der Waals surface area contributed by atoms with Crippen molar-refractivity contribution >= 4 is 0 Å². The van der Waals surface area contributed by atoms with Crippen LogP contribution in [0.3, 0.4) is 0 Å². The van der Waals surface area contributed by atoms with Crippen LogP contribution in [-0.4, -0.2) is 9.97 Å². The normalized spacial score (nSPS) is 9.92. The fourth-order valence-electron chi connectivity index (χ4n) is 1.25. The van der Waals surface area contributed by atoms with Crippen LogP contribution in [0.1, 0.15) is 5.56 Å². The summed E-state index contributed by atoms with van der Waals surface area (Å²) in [4.78, 5) is 8.20. The number of aryl methyl sites for hydroxylation is 1. The van der Waals surface area contributed by atoms with Gasteiger partial charge in [0.15, 0.2) is 0 Å². The van der Waals surface area contributed by atoms with Crippen LogP contribution in [-0.2, 0) is 0 Å². The van der Waals surface area contributed by atoms with Gasteiger partial charge >= 0.3 is 0 Å². The summed E-state index contributed by atoms with van der Waals surface area (Å²) < 4.78 is 0. The van der Waals surface area contributed by atoms with Gasteiger partial charge in [0, 0.05) is 35.9 Å². The van der Waals surface area contributed by atoms with Crippen molar-refractivity contribution in [1.82, 2.24) is 9.97 Å². The van der Waals surface area contributed by atoms with Crippen LogP contribution in [0.4, 0.5) is 0 Å². The summed E-state index contributed by atoms with van der Waals surface area (Å²) in [5.74, 6) is 0. The number of pyridine rings is 2. The average molecular weight is 170 g/mol. The highest BCUT2D eigenvalue weighted by molar-refractivity contribution is 5.61. The van der Waals surface area contributed by atoms with E-state index in [0.29, 0.717) is 0 Å². The van der Waals surface area contributed by atoms with E-state index in [9.17, 15) is 0 Å². The summed E-state index contributed by atoms with van der Waals surface area (Å²) in [5, 5.41) is 0. The fraction of sp³-hybridized carbons (Fsp3) is 0.0909. The Bertz CT molecular complexity index is 396. The third kappa shape index (κ3) is 1.72. The molecule has 0 N–H and O–H groups in total. The summed E-state index contributed by atoms with van der Waals surface area (Å²) in [5.41, 5.74) is 3.40. The van der Waals surface area contributed by atoms with Gasteiger partial charge in [0.2, 0.25) is 0 Å². The van der Waals surface area contributed by atoms with Crippen LogP contribution in [0.2, 0.25) is 0 Å². The monoisotopic (exact) mass is 170 g/mol. The molecule has 2 nitrogen and oxygen atoms in total. The van der Waals surface area contributed by atoms with Gasteiger partial charge < -0.3 is 0 Å². The number of rotatable bonds is 1. The Morgan fingerprint density at radius 1 is 1.00 bits per heavy atom. The van der Waals surface area contributed by atoms with Gasteiger partial charge in [0.25, 0.3) is 0 Å². The molecule has 2 aromatic rings. The first-order chi connectivity index (χ1) is 6.36. The van der Waals surface area contributed by atoms with Crippen molar-refractivity contribution in [2.75, 3.05) is 0 Å². The van der Waals surface area contributed by atoms with Gasteiger partial charge in [0.1, 0.15) is 0 Å². The van der Waals surface area contributed by atoms with Gasteiger partial charge in [0.05, 0.1) is 0 Å². The van der Waals surface area contributed by atoms with Crippen molar-refractivity contribution in [2.45, 2.75) is 6.92 Å². The molecule has 2 heteroatoms. The van der Waals surface area contributed by atoms with Crippen LogP contribution >= 0.6 is 0 Å². The summed E-state index contributed by atoms with van der Waals surface area (Å²) >= 11 is 0. The molecule has 0 fully saturated rings. The molecule has 0 atom stereocenters. The lowest BCUT2D eigenvalue weighted by Crippen LogP contribution is -1.82. The van der Waals surface area contributed by atoms with Crippen LogP contribution < -0.4 is 0 Å².